The minimum absolute atomic E-state index is 0.00678. The highest BCUT2D eigenvalue weighted by Gasteiger charge is 2.33. The highest BCUT2D eigenvalue weighted by molar-refractivity contribution is 9.10. The molecule has 0 N–H and O–H groups in total. The van der Waals surface area contributed by atoms with E-state index in [1.165, 1.54) is 23.5 Å². The monoisotopic (exact) mass is 633 g/mol. The van der Waals surface area contributed by atoms with Gasteiger partial charge in [0.15, 0.2) is 4.80 Å². The zero-order valence-electron chi connectivity index (χ0n) is 22.1. The fraction of sp³-hybridized carbons (Fsp3) is 0.167. The van der Waals surface area contributed by atoms with Crippen LogP contribution in [0.3, 0.4) is 0 Å². The van der Waals surface area contributed by atoms with Crippen molar-refractivity contribution < 1.29 is 19.2 Å². The van der Waals surface area contributed by atoms with Crippen LogP contribution in [0.5, 0.6) is 5.75 Å². The third kappa shape index (κ3) is 5.91. The Bertz CT molecular complexity index is 1840. The lowest BCUT2D eigenvalue weighted by Crippen LogP contribution is -2.39. The number of nitrogens with zero attached hydrogens (tertiary/aromatic N) is 3. The first-order valence-corrected chi connectivity index (χ1v) is 14.3. The van der Waals surface area contributed by atoms with Crippen LogP contribution in [-0.2, 0) is 16.1 Å². The van der Waals surface area contributed by atoms with Crippen molar-refractivity contribution in [1.82, 2.24) is 4.57 Å². The number of benzene rings is 3. The Labute approximate surface area is 247 Å². The molecule has 1 aliphatic rings. The van der Waals surface area contributed by atoms with Gasteiger partial charge in [-0.3, -0.25) is 19.5 Å². The van der Waals surface area contributed by atoms with Crippen molar-refractivity contribution in [2.45, 2.75) is 26.5 Å². The third-order valence-electron chi connectivity index (χ3n) is 6.45. The molecular formula is C30H24BrN3O6S. The number of aromatic nitrogens is 1. The molecule has 2 heterocycles. The average molecular weight is 635 g/mol. The van der Waals surface area contributed by atoms with Crippen LogP contribution in [0.15, 0.2) is 98.3 Å². The van der Waals surface area contributed by atoms with E-state index in [-0.39, 0.29) is 24.5 Å². The lowest BCUT2D eigenvalue weighted by atomic mass is 9.96. The van der Waals surface area contributed by atoms with Gasteiger partial charge in [0.2, 0.25) is 0 Å². The number of hydrogen-bond donors (Lipinski definition) is 0. The zero-order chi connectivity index (χ0) is 29.1. The molecule has 41 heavy (non-hydrogen) atoms. The molecular weight excluding hydrogens is 610 g/mol. The summed E-state index contributed by atoms with van der Waals surface area (Å²) >= 11 is 4.68. The smallest absolute Gasteiger partial charge is 0.338 e. The van der Waals surface area contributed by atoms with E-state index in [1.807, 2.05) is 42.5 Å². The van der Waals surface area contributed by atoms with Gasteiger partial charge in [-0.25, -0.2) is 9.79 Å². The molecule has 0 saturated heterocycles. The van der Waals surface area contributed by atoms with Gasteiger partial charge in [0.05, 0.1) is 33.4 Å². The lowest BCUT2D eigenvalue weighted by molar-refractivity contribution is -0.384. The van der Waals surface area contributed by atoms with Gasteiger partial charge in [-0.15, -0.1) is 0 Å². The van der Waals surface area contributed by atoms with Gasteiger partial charge in [0.25, 0.3) is 11.2 Å². The van der Waals surface area contributed by atoms with Gasteiger partial charge in [0.1, 0.15) is 12.4 Å². The molecule has 0 saturated carbocycles. The molecule has 0 amide bonds. The quantitative estimate of drug-likeness (QED) is 0.152. The van der Waals surface area contributed by atoms with Gasteiger partial charge >= 0.3 is 5.97 Å². The van der Waals surface area contributed by atoms with E-state index in [4.69, 9.17) is 9.47 Å². The van der Waals surface area contributed by atoms with Gasteiger partial charge in [-0.05, 0) is 61.4 Å². The third-order valence-corrected chi connectivity index (χ3v) is 7.96. The number of allylic oxidation sites excluding steroid dienone is 1. The minimum atomic E-state index is -0.700. The molecule has 4 aromatic rings. The average Bonchev–Trinajstić information content (AvgIpc) is 3.26. The first kappa shape index (κ1) is 28.2. The number of carbonyl (C=O) groups excluding carboxylic acids is 1. The number of para-hydroxylation sites is 1. The zero-order valence-corrected chi connectivity index (χ0v) is 24.5. The molecule has 0 aliphatic carbocycles. The lowest BCUT2D eigenvalue weighted by Gasteiger charge is -2.24. The van der Waals surface area contributed by atoms with Crippen molar-refractivity contribution in [2.75, 3.05) is 6.61 Å². The van der Waals surface area contributed by atoms with E-state index < -0.39 is 16.9 Å². The molecule has 0 spiro atoms. The van der Waals surface area contributed by atoms with Crippen molar-refractivity contribution in [3.8, 4) is 5.75 Å². The second-order valence-corrected chi connectivity index (χ2v) is 11.0. The highest BCUT2D eigenvalue weighted by atomic mass is 79.9. The van der Waals surface area contributed by atoms with Crippen molar-refractivity contribution in [3.63, 3.8) is 0 Å². The van der Waals surface area contributed by atoms with Gasteiger partial charge in [-0.1, -0.05) is 57.6 Å². The fourth-order valence-corrected chi connectivity index (χ4v) is 5.80. The normalized spacial score (nSPS) is 14.8. The molecule has 11 heteroatoms. The van der Waals surface area contributed by atoms with Crippen LogP contribution in [0.25, 0.3) is 6.08 Å². The van der Waals surface area contributed by atoms with Crippen molar-refractivity contribution in [1.29, 1.82) is 0 Å². The Morgan fingerprint density at radius 2 is 1.83 bits per heavy atom. The van der Waals surface area contributed by atoms with Crippen LogP contribution in [0.2, 0.25) is 0 Å². The van der Waals surface area contributed by atoms with E-state index in [1.54, 1.807) is 42.7 Å². The SMILES string of the molecule is CCOC(=O)C1=C(C)N=c2s/c(=C\c3ccccc3OCc3ccc([N+](=O)[O-])cc3)c(=O)n2[C@@H]1c1ccc(Br)cc1. The predicted molar refractivity (Wildman–Crippen MR) is 158 cm³/mol. The number of nitro groups is 1. The predicted octanol–water partition coefficient (Wildman–Crippen LogP) is 5.05. The second-order valence-electron chi connectivity index (χ2n) is 9.10. The molecule has 0 radical (unpaired) electrons. The number of nitro benzene ring substituents is 1. The van der Waals surface area contributed by atoms with E-state index in [0.717, 1.165) is 15.6 Å². The summed E-state index contributed by atoms with van der Waals surface area (Å²) in [7, 11) is 0. The molecule has 1 atom stereocenters. The molecule has 3 aromatic carbocycles. The van der Waals surface area contributed by atoms with Crippen molar-refractivity contribution in [3.05, 3.63) is 135 Å². The topological polar surface area (TPSA) is 113 Å². The maximum Gasteiger partial charge on any atom is 0.338 e. The highest BCUT2D eigenvalue weighted by Crippen LogP contribution is 2.31. The molecule has 1 aromatic heterocycles. The summed E-state index contributed by atoms with van der Waals surface area (Å²) in [6, 6.07) is 20.2. The number of fused-ring (bicyclic) bond motifs is 1. The summed E-state index contributed by atoms with van der Waals surface area (Å²) in [6.07, 6.45) is 1.75. The number of ether oxygens (including phenoxy) is 2. The maximum absolute atomic E-state index is 13.9. The minimum Gasteiger partial charge on any atom is -0.488 e. The summed E-state index contributed by atoms with van der Waals surface area (Å²) in [5.74, 6) is 0.0329. The van der Waals surface area contributed by atoms with E-state index >= 15 is 0 Å². The van der Waals surface area contributed by atoms with Crippen molar-refractivity contribution in [2.24, 2.45) is 4.99 Å². The fourth-order valence-electron chi connectivity index (χ4n) is 4.50. The summed E-state index contributed by atoms with van der Waals surface area (Å²) in [4.78, 5) is 42.5. The van der Waals surface area contributed by atoms with Crippen LogP contribution < -0.4 is 19.6 Å². The van der Waals surface area contributed by atoms with Crippen LogP contribution in [0, 0.1) is 10.1 Å². The molecule has 9 nitrogen and oxygen atoms in total. The molecule has 0 bridgehead atoms. The number of esters is 1. The molecule has 1 aliphatic heterocycles. The number of non-ortho nitro benzene ring substituents is 1. The largest absolute Gasteiger partial charge is 0.488 e. The van der Waals surface area contributed by atoms with Crippen LogP contribution >= 0.6 is 27.3 Å². The standard InChI is InChI=1S/C30H24BrN3O6S/c1-3-39-29(36)26-18(2)32-30-33(27(26)20-10-12-22(31)13-11-20)28(35)25(41-30)16-21-6-4-5-7-24(21)40-17-19-8-14-23(15-9-19)34(37)38/h4-16,27H,3,17H2,1-2H3/b25-16-/t27-/m1/s1. The Morgan fingerprint density at radius 3 is 2.51 bits per heavy atom. The summed E-state index contributed by atoms with van der Waals surface area (Å²) < 4.78 is 14.2. The van der Waals surface area contributed by atoms with Crippen LogP contribution in [-0.4, -0.2) is 22.1 Å². The molecule has 208 valence electrons. The number of hydrogen-bond acceptors (Lipinski definition) is 8. The second kappa shape index (κ2) is 12.0. The Morgan fingerprint density at radius 1 is 1.12 bits per heavy atom. The maximum atomic E-state index is 13.9. The Balaban J connectivity index is 1.55. The Kier molecular flexibility index (Phi) is 8.27. The van der Waals surface area contributed by atoms with Gasteiger partial charge in [-0.2, -0.15) is 0 Å². The van der Waals surface area contributed by atoms with E-state index in [0.29, 0.717) is 31.9 Å². The summed E-state index contributed by atoms with van der Waals surface area (Å²) in [5.41, 5.74) is 2.73. The Hall–Kier alpha value is -4.35. The molecule has 0 unspecified atom stereocenters. The number of carbonyl (C=O) groups is 1. The van der Waals surface area contributed by atoms with Gasteiger partial charge in [0, 0.05) is 22.2 Å². The summed E-state index contributed by atoms with van der Waals surface area (Å²) in [6.45, 7) is 3.87. The van der Waals surface area contributed by atoms with Crippen LogP contribution in [0.1, 0.15) is 36.6 Å². The first-order chi connectivity index (χ1) is 19.8. The van der Waals surface area contributed by atoms with E-state index in [2.05, 4.69) is 20.9 Å². The number of halogens is 1. The summed E-state index contributed by atoms with van der Waals surface area (Å²) in [5, 5.41) is 10.9. The molecule has 5 rings (SSSR count). The molecule has 0 fully saturated rings. The van der Waals surface area contributed by atoms with E-state index in [9.17, 15) is 19.7 Å². The first-order valence-electron chi connectivity index (χ1n) is 12.7. The number of thiazole rings is 1. The van der Waals surface area contributed by atoms with Crippen LogP contribution in [0.4, 0.5) is 5.69 Å². The van der Waals surface area contributed by atoms with Crippen molar-refractivity contribution >= 4 is 45.0 Å². The van der Waals surface area contributed by atoms with Gasteiger partial charge < -0.3 is 9.47 Å². The number of rotatable bonds is 8.